The minimum absolute atomic E-state index is 0. The fourth-order valence-electron chi connectivity index (χ4n) is 2.53. The predicted molar refractivity (Wildman–Crippen MR) is 64.3 cm³/mol. The van der Waals surface area contributed by atoms with E-state index >= 15 is 0 Å². The Balaban J connectivity index is 0.000000853. The van der Waals surface area contributed by atoms with Crippen LogP contribution in [-0.4, -0.2) is 25.2 Å². The maximum absolute atomic E-state index is 13.0. The van der Waals surface area contributed by atoms with Gasteiger partial charge in [-0.3, -0.25) is 0 Å². The zero-order valence-corrected chi connectivity index (χ0v) is 10.0. The number of fused-ring (bicyclic) bond motifs is 2. The summed E-state index contributed by atoms with van der Waals surface area (Å²) < 4.78 is 13.0. The van der Waals surface area contributed by atoms with E-state index in [1.165, 1.54) is 12.5 Å². The van der Waals surface area contributed by atoms with Crippen molar-refractivity contribution in [2.45, 2.75) is 18.5 Å². The molecule has 3 rings (SSSR count). The van der Waals surface area contributed by atoms with E-state index < -0.39 is 0 Å². The number of nitrogens with one attached hydrogen (secondary N) is 1. The molecular formula is C11H14BrFN2. The van der Waals surface area contributed by atoms with E-state index in [2.05, 4.69) is 10.2 Å². The van der Waals surface area contributed by atoms with Crippen LogP contribution in [-0.2, 0) is 0 Å². The number of rotatable bonds is 1. The molecule has 2 aliphatic heterocycles. The van der Waals surface area contributed by atoms with E-state index in [-0.39, 0.29) is 22.8 Å². The van der Waals surface area contributed by atoms with Gasteiger partial charge < -0.3 is 10.2 Å². The molecular weight excluding hydrogens is 259 g/mol. The van der Waals surface area contributed by atoms with Gasteiger partial charge in [-0.2, -0.15) is 0 Å². The van der Waals surface area contributed by atoms with Gasteiger partial charge in [0.15, 0.2) is 0 Å². The van der Waals surface area contributed by atoms with Gasteiger partial charge >= 0.3 is 0 Å². The summed E-state index contributed by atoms with van der Waals surface area (Å²) in [5.74, 6) is -0.141. The summed E-state index contributed by atoms with van der Waals surface area (Å²) in [6.07, 6.45) is 1.20. The third-order valence-corrected chi connectivity index (χ3v) is 3.20. The lowest BCUT2D eigenvalue weighted by Gasteiger charge is -2.29. The lowest BCUT2D eigenvalue weighted by Crippen LogP contribution is -2.43. The van der Waals surface area contributed by atoms with Gasteiger partial charge in [-0.15, -0.1) is 17.0 Å². The molecule has 2 atom stereocenters. The van der Waals surface area contributed by atoms with Gasteiger partial charge in [0.05, 0.1) is 0 Å². The Morgan fingerprint density at radius 2 is 2.27 bits per heavy atom. The van der Waals surface area contributed by atoms with Crippen molar-refractivity contribution in [2.75, 3.05) is 18.0 Å². The quantitative estimate of drug-likeness (QED) is 0.841. The molecule has 0 spiro atoms. The van der Waals surface area contributed by atoms with Crippen LogP contribution >= 0.6 is 17.0 Å². The van der Waals surface area contributed by atoms with Crippen molar-refractivity contribution in [3.05, 3.63) is 30.1 Å². The van der Waals surface area contributed by atoms with Crippen LogP contribution in [0.25, 0.3) is 0 Å². The largest absolute Gasteiger partial charge is 0.366 e. The molecule has 2 nitrogen and oxygen atoms in total. The van der Waals surface area contributed by atoms with Crippen molar-refractivity contribution in [2.24, 2.45) is 0 Å². The molecule has 15 heavy (non-hydrogen) atoms. The van der Waals surface area contributed by atoms with E-state index in [9.17, 15) is 4.39 Å². The molecule has 1 aromatic carbocycles. The second-order valence-corrected chi connectivity index (χ2v) is 4.13. The van der Waals surface area contributed by atoms with Gasteiger partial charge in [-0.05, 0) is 24.6 Å². The predicted octanol–water partition coefficient (Wildman–Crippen LogP) is 1.95. The number of hydrogen-bond acceptors (Lipinski definition) is 2. The smallest absolute Gasteiger partial charge is 0.125 e. The van der Waals surface area contributed by atoms with E-state index in [1.807, 2.05) is 6.07 Å². The van der Waals surface area contributed by atoms with Crippen molar-refractivity contribution in [1.82, 2.24) is 5.32 Å². The Morgan fingerprint density at radius 3 is 2.87 bits per heavy atom. The molecule has 1 aromatic rings. The fourth-order valence-corrected chi connectivity index (χ4v) is 2.53. The molecule has 2 unspecified atom stereocenters. The van der Waals surface area contributed by atoms with Crippen molar-refractivity contribution in [1.29, 1.82) is 0 Å². The standard InChI is InChI=1S/C11H13FN2.BrH/c12-8-2-1-3-10(4-8)14-7-9-5-11(14)6-13-9;/h1-4,9,11,13H,5-7H2;1H. The van der Waals surface area contributed by atoms with Crippen LogP contribution in [0, 0.1) is 5.82 Å². The van der Waals surface area contributed by atoms with Crippen LogP contribution in [0.1, 0.15) is 6.42 Å². The van der Waals surface area contributed by atoms with Crippen LogP contribution in [0.2, 0.25) is 0 Å². The summed E-state index contributed by atoms with van der Waals surface area (Å²) in [6, 6.07) is 8.08. The molecule has 2 bridgehead atoms. The Kier molecular flexibility index (Phi) is 2.98. The number of benzene rings is 1. The topological polar surface area (TPSA) is 15.3 Å². The zero-order valence-electron chi connectivity index (χ0n) is 8.32. The third kappa shape index (κ3) is 1.88. The molecule has 0 aromatic heterocycles. The molecule has 2 aliphatic rings. The van der Waals surface area contributed by atoms with Gasteiger partial charge in [0.2, 0.25) is 0 Å². The first-order chi connectivity index (χ1) is 6.83. The Bertz CT molecular complexity index is 358. The highest BCUT2D eigenvalue weighted by molar-refractivity contribution is 8.93. The molecule has 4 heteroatoms. The van der Waals surface area contributed by atoms with Gasteiger partial charge in [-0.1, -0.05) is 6.07 Å². The molecule has 2 heterocycles. The first-order valence-corrected chi connectivity index (χ1v) is 5.08. The average Bonchev–Trinajstić information content (AvgIpc) is 2.78. The van der Waals surface area contributed by atoms with Crippen LogP contribution < -0.4 is 10.2 Å². The van der Waals surface area contributed by atoms with Crippen molar-refractivity contribution >= 4 is 22.7 Å². The minimum atomic E-state index is -0.141. The molecule has 0 amide bonds. The van der Waals surface area contributed by atoms with Crippen LogP contribution in [0.5, 0.6) is 0 Å². The molecule has 2 fully saturated rings. The summed E-state index contributed by atoms with van der Waals surface area (Å²) in [7, 11) is 0. The summed E-state index contributed by atoms with van der Waals surface area (Å²) in [5.41, 5.74) is 1.03. The molecule has 1 N–H and O–H groups in total. The van der Waals surface area contributed by atoms with Crippen molar-refractivity contribution in [3.63, 3.8) is 0 Å². The lowest BCUT2D eigenvalue weighted by atomic mass is 10.2. The van der Waals surface area contributed by atoms with E-state index in [0.29, 0.717) is 12.1 Å². The van der Waals surface area contributed by atoms with Crippen molar-refractivity contribution < 1.29 is 4.39 Å². The Hall–Kier alpha value is -0.610. The molecule has 0 aliphatic carbocycles. The highest BCUT2D eigenvalue weighted by Crippen LogP contribution is 2.29. The van der Waals surface area contributed by atoms with Crippen molar-refractivity contribution in [3.8, 4) is 0 Å². The number of hydrogen-bond donors (Lipinski definition) is 1. The van der Waals surface area contributed by atoms with Gasteiger partial charge in [0.1, 0.15) is 5.82 Å². The Labute approximate surface area is 99.2 Å². The van der Waals surface area contributed by atoms with Gasteiger partial charge in [-0.25, -0.2) is 4.39 Å². The SMILES string of the molecule is Br.Fc1cccc(N2CC3CC2CN3)c1. The molecule has 2 saturated heterocycles. The Morgan fingerprint density at radius 1 is 1.40 bits per heavy atom. The van der Waals surface area contributed by atoms with Gasteiger partial charge in [0, 0.05) is 30.9 Å². The number of anilines is 1. The monoisotopic (exact) mass is 272 g/mol. The first kappa shape index (κ1) is 10.9. The highest BCUT2D eigenvalue weighted by atomic mass is 79.9. The summed E-state index contributed by atoms with van der Waals surface area (Å²) >= 11 is 0. The van der Waals surface area contributed by atoms with Crippen LogP contribution in [0.3, 0.4) is 0 Å². The third-order valence-electron chi connectivity index (χ3n) is 3.20. The zero-order chi connectivity index (χ0) is 9.54. The number of nitrogens with zero attached hydrogens (tertiary/aromatic N) is 1. The van der Waals surface area contributed by atoms with Crippen LogP contribution in [0.15, 0.2) is 24.3 Å². The highest BCUT2D eigenvalue weighted by Gasteiger charge is 2.37. The van der Waals surface area contributed by atoms with E-state index in [0.717, 1.165) is 18.8 Å². The maximum Gasteiger partial charge on any atom is 0.125 e. The van der Waals surface area contributed by atoms with E-state index in [1.54, 1.807) is 12.1 Å². The normalized spacial score (nSPS) is 27.9. The number of piperazine rings is 1. The first-order valence-electron chi connectivity index (χ1n) is 5.08. The van der Waals surface area contributed by atoms with Crippen LogP contribution in [0.4, 0.5) is 10.1 Å². The number of halogens is 2. The second-order valence-electron chi connectivity index (χ2n) is 4.13. The van der Waals surface area contributed by atoms with E-state index in [4.69, 9.17) is 0 Å². The minimum Gasteiger partial charge on any atom is -0.366 e. The average molecular weight is 273 g/mol. The molecule has 0 saturated carbocycles. The molecule has 82 valence electrons. The lowest BCUT2D eigenvalue weighted by molar-refractivity contribution is 0.577. The molecule has 0 radical (unpaired) electrons. The fraction of sp³-hybridized carbons (Fsp3) is 0.455. The summed E-state index contributed by atoms with van der Waals surface area (Å²) in [4.78, 5) is 2.31. The summed E-state index contributed by atoms with van der Waals surface area (Å²) in [6.45, 7) is 2.06. The van der Waals surface area contributed by atoms with Gasteiger partial charge in [0.25, 0.3) is 0 Å². The maximum atomic E-state index is 13.0. The second kappa shape index (κ2) is 4.10. The summed E-state index contributed by atoms with van der Waals surface area (Å²) in [5, 5.41) is 3.43.